The van der Waals surface area contributed by atoms with Gasteiger partial charge in [0.25, 0.3) is 0 Å². The number of nitrogens with zero attached hydrogens (tertiary/aromatic N) is 1. The summed E-state index contributed by atoms with van der Waals surface area (Å²) in [6.07, 6.45) is 0.523. The van der Waals surface area contributed by atoms with Crippen LogP contribution in [0.15, 0.2) is 53.0 Å². The summed E-state index contributed by atoms with van der Waals surface area (Å²) in [4.78, 5) is 2.34. The van der Waals surface area contributed by atoms with Crippen molar-refractivity contribution in [3.05, 3.63) is 58.6 Å². The number of para-hydroxylation sites is 1. The number of nitrogens with one attached hydrogen (secondary N) is 3. The van der Waals surface area contributed by atoms with Gasteiger partial charge in [-0.1, -0.05) is 40.2 Å². The summed E-state index contributed by atoms with van der Waals surface area (Å²) in [6, 6.07) is 17.0. The molecule has 2 aromatic rings. The van der Waals surface area contributed by atoms with Crippen LogP contribution in [0.25, 0.3) is 0 Å². The fourth-order valence-corrected chi connectivity index (χ4v) is 3.98. The Bertz CT molecular complexity index is 690. The molecule has 3 N–H and O–H groups in total. The molecule has 3 atom stereocenters. The van der Waals surface area contributed by atoms with Gasteiger partial charge in [0.2, 0.25) is 0 Å². The lowest BCUT2D eigenvalue weighted by atomic mass is 9.94. The van der Waals surface area contributed by atoms with E-state index in [1.165, 1.54) is 11.3 Å². The number of anilines is 2. The minimum atomic E-state index is 0.201. The highest BCUT2D eigenvalue weighted by Gasteiger charge is 2.43. The normalized spacial score (nSPS) is 26.5. The highest BCUT2D eigenvalue weighted by atomic mass is 79.9. The summed E-state index contributed by atoms with van der Waals surface area (Å²) in [6.45, 7) is 0.797. The summed E-state index contributed by atoms with van der Waals surface area (Å²) in [5, 5.41) is 10.8. The van der Waals surface area contributed by atoms with E-state index in [0.717, 1.165) is 16.8 Å². The number of fused-ring (bicyclic) bond motifs is 3. The molecule has 2 aliphatic rings. The van der Waals surface area contributed by atoms with Gasteiger partial charge in [-0.3, -0.25) is 10.6 Å². The number of hydrogen-bond acceptors (Lipinski definition) is 4. The summed E-state index contributed by atoms with van der Waals surface area (Å²) in [7, 11) is 2.16. The first-order valence-electron chi connectivity index (χ1n) is 7.55. The van der Waals surface area contributed by atoms with Crippen molar-refractivity contribution in [3.63, 3.8) is 0 Å². The molecule has 0 spiro atoms. The molecule has 2 aromatic carbocycles. The zero-order valence-electron chi connectivity index (χ0n) is 12.4. The monoisotopic (exact) mass is 358 g/mol. The molecule has 1 fully saturated rings. The SMILES string of the molecule is CN1c2ccccc2C2C(Nc3cccc(Br)c3)NCNC21. The van der Waals surface area contributed by atoms with Crippen molar-refractivity contribution in [1.82, 2.24) is 10.6 Å². The van der Waals surface area contributed by atoms with Crippen LogP contribution < -0.4 is 20.9 Å². The Hall–Kier alpha value is -1.56. The van der Waals surface area contributed by atoms with Crippen LogP contribution in [-0.2, 0) is 0 Å². The van der Waals surface area contributed by atoms with Crippen molar-refractivity contribution < 1.29 is 0 Å². The Kier molecular flexibility index (Phi) is 3.56. The number of halogens is 1. The molecule has 3 unspecified atom stereocenters. The maximum absolute atomic E-state index is 3.65. The van der Waals surface area contributed by atoms with Crippen LogP contribution >= 0.6 is 15.9 Å². The lowest BCUT2D eigenvalue weighted by Gasteiger charge is -2.39. The molecule has 0 bridgehead atoms. The zero-order chi connectivity index (χ0) is 15.1. The second-order valence-corrected chi connectivity index (χ2v) is 6.77. The Labute approximate surface area is 139 Å². The number of likely N-dealkylation sites (N-methyl/N-ethyl adjacent to an activating group) is 1. The smallest absolute Gasteiger partial charge is 0.0905 e. The van der Waals surface area contributed by atoms with Gasteiger partial charge in [-0.05, 0) is 29.8 Å². The maximum atomic E-state index is 3.65. The van der Waals surface area contributed by atoms with Crippen LogP contribution in [-0.4, -0.2) is 26.0 Å². The van der Waals surface area contributed by atoms with Gasteiger partial charge in [-0.15, -0.1) is 0 Å². The summed E-state index contributed by atoms with van der Waals surface area (Å²) in [5.74, 6) is 0.369. The molecule has 2 aliphatic heterocycles. The molecule has 4 rings (SSSR count). The topological polar surface area (TPSA) is 39.3 Å². The third-order valence-electron chi connectivity index (χ3n) is 4.57. The Balaban J connectivity index is 1.66. The number of benzene rings is 2. The molecule has 5 heteroatoms. The van der Waals surface area contributed by atoms with Crippen LogP contribution in [0.4, 0.5) is 11.4 Å². The van der Waals surface area contributed by atoms with E-state index in [0.29, 0.717) is 12.1 Å². The molecule has 0 aliphatic carbocycles. The average Bonchev–Trinajstić information content (AvgIpc) is 2.82. The first-order chi connectivity index (χ1) is 10.7. The van der Waals surface area contributed by atoms with E-state index in [4.69, 9.17) is 0 Å². The summed E-state index contributed by atoms with van der Waals surface area (Å²) < 4.78 is 1.09. The molecule has 0 radical (unpaired) electrons. The molecule has 0 amide bonds. The number of hydrogen-bond donors (Lipinski definition) is 3. The standard InChI is InChI=1S/C17H19BrN4/c1-22-14-8-3-2-7-13(14)15-16(19-10-20-17(15)22)21-12-6-4-5-11(18)9-12/h2-9,15-17,19-21H,10H2,1H3. The van der Waals surface area contributed by atoms with Crippen molar-refractivity contribution in [1.29, 1.82) is 0 Å². The minimum Gasteiger partial charge on any atom is -0.369 e. The lowest BCUT2D eigenvalue weighted by molar-refractivity contribution is 0.303. The second-order valence-electron chi connectivity index (χ2n) is 5.86. The van der Waals surface area contributed by atoms with Crippen molar-refractivity contribution in [2.45, 2.75) is 18.2 Å². The van der Waals surface area contributed by atoms with Crippen LogP contribution in [0.2, 0.25) is 0 Å². The highest BCUT2D eigenvalue weighted by Crippen LogP contribution is 2.41. The molecular weight excluding hydrogens is 340 g/mol. The second kappa shape index (κ2) is 5.57. The molecule has 1 saturated heterocycles. The van der Waals surface area contributed by atoms with E-state index < -0.39 is 0 Å². The molecule has 114 valence electrons. The summed E-state index contributed by atoms with van der Waals surface area (Å²) in [5.41, 5.74) is 3.83. The van der Waals surface area contributed by atoms with E-state index in [1.807, 2.05) is 6.07 Å². The van der Waals surface area contributed by atoms with E-state index in [-0.39, 0.29) is 6.17 Å². The lowest BCUT2D eigenvalue weighted by Crippen LogP contribution is -2.61. The van der Waals surface area contributed by atoms with Crippen LogP contribution in [0.1, 0.15) is 11.5 Å². The van der Waals surface area contributed by atoms with Crippen molar-refractivity contribution >= 4 is 27.3 Å². The minimum absolute atomic E-state index is 0.201. The van der Waals surface area contributed by atoms with E-state index >= 15 is 0 Å². The Morgan fingerprint density at radius 3 is 2.86 bits per heavy atom. The van der Waals surface area contributed by atoms with E-state index in [9.17, 15) is 0 Å². The first-order valence-corrected chi connectivity index (χ1v) is 8.34. The first kappa shape index (κ1) is 14.1. The molecule has 4 nitrogen and oxygen atoms in total. The van der Waals surface area contributed by atoms with Crippen molar-refractivity contribution in [3.8, 4) is 0 Å². The van der Waals surface area contributed by atoms with Gasteiger partial charge < -0.3 is 10.2 Å². The summed E-state index contributed by atoms with van der Waals surface area (Å²) >= 11 is 3.54. The quantitative estimate of drug-likeness (QED) is 0.771. The predicted octanol–water partition coefficient (Wildman–Crippen LogP) is 2.90. The molecule has 22 heavy (non-hydrogen) atoms. The Morgan fingerprint density at radius 1 is 1.14 bits per heavy atom. The molecule has 0 saturated carbocycles. The molecular formula is C17H19BrN4. The van der Waals surface area contributed by atoms with Gasteiger partial charge in [-0.25, -0.2) is 0 Å². The van der Waals surface area contributed by atoms with Crippen molar-refractivity contribution in [2.75, 3.05) is 23.9 Å². The predicted molar refractivity (Wildman–Crippen MR) is 94.1 cm³/mol. The van der Waals surface area contributed by atoms with Crippen LogP contribution in [0, 0.1) is 0 Å². The zero-order valence-corrected chi connectivity index (χ0v) is 14.0. The largest absolute Gasteiger partial charge is 0.369 e. The van der Waals surface area contributed by atoms with Crippen LogP contribution in [0.3, 0.4) is 0 Å². The van der Waals surface area contributed by atoms with E-state index in [1.54, 1.807) is 0 Å². The third kappa shape index (κ3) is 2.29. The highest BCUT2D eigenvalue weighted by molar-refractivity contribution is 9.10. The van der Waals surface area contributed by atoms with Crippen molar-refractivity contribution in [2.24, 2.45) is 0 Å². The maximum Gasteiger partial charge on any atom is 0.0905 e. The van der Waals surface area contributed by atoms with Crippen LogP contribution in [0.5, 0.6) is 0 Å². The third-order valence-corrected chi connectivity index (χ3v) is 5.07. The van der Waals surface area contributed by atoms with E-state index in [2.05, 4.69) is 86.3 Å². The Morgan fingerprint density at radius 2 is 2.00 bits per heavy atom. The van der Waals surface area contributed by atoms with Gasteiger partial charge >= 0.3 is 0 Å². The fraction of sp³-hybridized carbons (Fsp3) is 0.294. The fourth-order valence-electron chi connectivity index (χ4n) is 3.58. The van der Waals surface area contributed by atoms with Gasteiger partial charge in [0.1, 0.15) is 0 Å². The molecule has 0 aromatic heterocycles. The number of rotatable bonds is 2. The van der Waals surface area contributed by atoms with Gasteiger partial charge in [0.05, 0.1) is 18.2 Å². The average molecular weight is 359 g/mol. The van der Waals surface area contributed by atoms with Gasteiger partial charge in [0.15, 0.2) is 0 Å². The van der Waals surface area contributed by atoms with Gasteiger partial charge in [0, 0.05) is 29.6 Å². The van der Waals surface area contributed by atoms with Gasteiger partial charge in [-0.2, -0.15) is 0 Å². The molecule has 2 heterocycles.